The summed E-state index contributed by atoms with van der Waals surface area (Å²) in [5, 5.41) is 0. The maximum absolute atomic E-state index is 6.02. The maximum atomic E-state index is 6.02. The molecule has 0 aromatic heterocycles. The number of rotatable bonds is 8. The minimum absolute atomic E-state index is 0.558. The van der Waals surface area contributed by atoms with Crippen molar-refractivity contribution in [3.8, 4) is 68.2 Å². The van der Waals surface area contributed by atoms with Crippen LogP contribution < -0.4 is 37.9 Å². The van der Waals surface area contributed by atoms with E-state index in [4.69, 9.17) is 37.9 Å². The first-order valence-corrected chi connectivity index (χ1v) is 29.2. The molecule has 0 saturated heterocycles. The zero-order valence-electron chi connectivity index (χ0n) is 52.0. The minimum Gasteiger partial charge on any atom is -0.496 e. The third-order valence-electron chi connectivity index (χ3n) is 15.9. The molecule has 440 valence electrons. The number of aryl methyl sites for hydroxylation is 4. The molecule has 0 spiro atoms. The standard InChI is InChI=1S/C62H60O8.2C8H10/c1-63-55-35-51-29-52-36-56(64-2)48(32-60(52)68-6)26-40-13-21-45(22-14-40)46-23-15-42(16-24-46)28-50-34-62(70-8)54(38-58(50)66-4)30-53-37-57(65-3)49(33-61(53)69-7)27-41-11-19-44(20-12-41)43-17-9-39(10-18-43)25-47(55)31-59(51)67-5;2*1-7-4-3-5-8(2)6-7/h9-24,31-38H,25-30H2,1-8H3;2*3-6H,1-2H3. The molecule has 0 saturated carbocycles. The van der Waals surface area contributed by atoms with Crippen molar-refractivity contribution < 1.29 is 37.9 Å². The Balaban J connectivity index is 0.000000478. The molecule has 86 heavy (non-hydrogen) atoms. The first kappa shape index (κ1) is 61.2. The van der Waals surface area contributed by atoms with Crippen LogP contribution in [-0.2, 0) is 38.5 Å². The van der Waals surface area contributed by atoms with Gasteiger partial charge in [-0.25, -0.2) is 0 Å². The lowest BCUT2D eigenvalue weighted by Gasteiger charge is -2.18. The molecule has 0 heterocycles. The fourth-order valence-electron chi connectivity index (χ4n) is 11.4. The fraction of sp³-hybridized carbons (Fsp3) is 0.231. The number of methoxy groups -OCH3 is 8. The van der Waals surface area contributed by atoms with Crippen molar-refractivity contribution in [2.75, 3.05) is 56.9 Å². The average molecular weight is 1150 g/mol. The number of hydrogen-bond donors (Lipinski definition) is 0. The van der Waals surface area contributed by atoms with Gasteiger partial charge in [-0.05, 0) is 121 Å². The summed E-state index contributed by atoms with van der Waals surface area (Å²) in [6, 6.07) is 68.5. The Bertz CT molecular complexity index is 3380. The van der Waals surface area contributed by atoms with Gasteiger partial charge >= 0.3 is 0 Å². The number of hydrogen-bond acceptors (Lipinski definition) is 8. The van der Waals surface area contributed by atoms with Gasteiger partial charge in [0.2, 0.25) is 0 Å². The second kappa shape index (κ2) is 28.9. The smallest absolute Gasteiger partial charge is 0.122 e. The van der Waals surface area contributed by atoms with E-state index in [0.717, 1.165) is 135 Å². The molecule has 22 aliphatic carbocycles. The molecule has 0 unspecified atom stereocenters. The molecule has 0 amide bonds. The second-order valence-corrected chi connectivity index (χ2v) is 22.1. The van der Waals surface area contributed by atoms with Crippen LogP contribution in [0.25, 0.3) is 22.3 Å². The predicted octanol–water partition coefficient (Wildman–Crippen LogP) is 17.6. The van der Waals surface area contributed by atoms with Gasteiger partial charge < -0.3 is 37.9 Å². The van der Waals surface area contributed by atoms with E-state index in [0.29, 0.717) is 38.5 Å². The Morgan fingerprint density at radius 2 is 0.360 bits per heavy atom. The lowest BCUT2D eigenvalue weighted by molar-refractivity contribution is 0.391. The third-order valence-corrected chi connectivity index (χ3v) is 15.9. The zero-order valence-corrected chi connectivity index (χ0v) is 52.0. The van der Waals surface area contributed by atoms with Crippen molar-refractivity contribution >= 4 is 0 Å². The van der Waals surface area contributed by atoms with Crippen LogP contribution >= 0.6 is 0 Å². The quantitative estimate of drug-likeness (QED) is 0.149. The van der Waals surface area contributed by atoms with Crippen molar-refractivity contribution in [1.82, 2.24) is 0 Å². The molecule has 8 heteroatoms. The van der Waals surface area contributed by atoms with Gasteiger partial charge in [-0.3, -0.25) is 0 Å². The molecule has 0 radical (unpaired) electrons. The highest BCUT2D eigenvalue weighted by Crippen LogP contribution is 2.40. The van der Waals surface area contributed by atoms with Crippen LogP contribution in [0.5, 0.6) is 46.0 Å². The third kappa shape index (κ3) is 15.3. The summed E-state index contributed by atoms with van der Waals surface area (Å²) in [5.74, 6) is 6.35. The number of benzene rings is 10. The lowest BCUT2D eigenvalue weighted by atomic mass is 9.94. The van der Waals surface area contributed by atoms with Gasteiger partial charge in [-0.2, -0.15) is 0 Å². The second-order valence-electron chi connectivity index (χ2n) is 22.1. The molecule has 10 aromatic carbocycles. The Morgan fingerprint density at radius 1 is 0.198 bits per heavy atom. The van der Waals surface area contributed by atoms with E-state index in [-0.39, 0.29) is 0 Å². The zero-order chi connectivity index (χ0) is 60.7. The molecule has 8 nitrogen and oxygen atoms in total. The average Bonchev–Trinajstić information content (AvgIpc) is 2.35. The summed E-state index contributed by atoms with van der Waals surface area (Å²) < 4.78 is 48.1. The molecule has 16 bridgehead atoms. The van der Waals surface area contributed by atoms with Gasteiger partial charge in [0.15, 0.2) is 0 Å². The van der Waals surface area contributed by atoms with Crippen molar-refractivity contribution in [3.05, 3.63) is 283 Å². The molecular weight excluding hydrogens is 1060 g/mol. The van der Waals surface area contributed by atoms with Crippen LogP contribution in [0.15, 0.2) is 194 Å². The summed E-state index contributed by atoms with van der Waals surface area (Å²) in [6.45, 7) is 8.42. The van der Waals surface area contributed by atoms with Gasteiger partial charge in [0, 0.05) is 83.0 Å². The van der Waals surface area contributed by atoms with E-state index in [9.17, 15) is 0 Å². The molecule has 22 aliphatic rings. The molecule has 0 fully saturated rings. The van der Waals surface area contributed by atoms with Crippen LogP contribution in [0, 0.1) is 27.7 Å². The Kier molecular flexibility index (Phi) is 20.6. The van der Waals surface area contributed by atoms with E-state index in [2.05, 4.69) is 222 Å². The van der Waals surface area contributed by atoms with E-state index in [1.165, 1.54) is 22.3 Å². The van der Waals surface area contributed by atoms with Crippen LogP contribution in [0.1, 0.15) is 89.0 Å². The Hall–Kier alpha value is -9.40. The van der Waals surface area contributed by atoms with Crippen molar-refractivity contribution in [3.63, 3.8) is 0 Å². The first-order chi connectivity index (χ1) is 41.8. The van der Waals surface area contributed by atoms with E-state index >= 15 is 0 Å². The van der Waals surface area contributed by atoms with E-state index < -0.39 is 0 Å². The van der Waals surface area contributed by atoms with Gasteiger partial charge in [0.05, 0.1) is 56.9 Å². The first-order valence-electron chi connectivity index (χ1n) is 29.2. The summed E-state index contributed by atoms with van der Waals surface area (Å²) in [7, 11) is 13.7. The maximum Gasteiger partial charge on any atom is 0.122 e. The number of ether oxygens (including phenoxy) is 8. The highest BCUT2D eigenvalue weighted by atomic mass is 16.5. The van der Waals surface area contributed by atoms with Crippen LogP contribution in [0.3, 0.4) is 0 Å². The molecule has 32 rings (SSSR count). The fourth-order valence-corrected chi connectivity index (χ4v) is 11.4. The normalized spacial score (nSPS) is 11.7. The predicted molar refractivity (Wildman–Crippen MR) is 351 cm³/mol. The van der Waals surface area contributed by atoms with Gasteiger partial charge in [0.1, 0.15) is 46.0 Å². The summed E-state index contributed by atoms with van der Waals surface area (Å²) >= 11 is 0. The van der Waals surface area contributed by atoms with Gasteiger partial charge in [0.25, 0.3) is 0 Å². The van der Waals surface area contributed by atoms with Crippen molar-refractivity contribution in [1.29, 1.82) is 0 Å². The summed E-state index contributed by atoms with van der Waals surface area (Å²) in [5.41, 5.74) is 22.7. The summed E-state index contributed by atoms with van der Waals surface area (Å²) in [4.78, 5) is 0. The van der Waals surface area contributed by atoms with E-state index in [1.807, 2.05) is 0 Å². The van der Waals surface area contributed by atoms with Crippen LogP contribution in [-0.4, -0.2) is 56.9 Å². The Morgan fingerprint density at radius 3 is 0.500 bits per heavy atom. The highest BCUT2D eigenvalue weighted by Gasteiger charge is 2.20. The van der Waals surface area contributed by atoms with E-state index in [1.54, 1.807) is 56.9 Å². The summed E-state index contributed by atoms with van der Waals surface area (Å²) in [6.07, 6.45) is 3.82. The topological polar surface area (TPSA) is 73.8 Å². The van der Waals surface area contributed by atoms with Gasteiger partial charge in [-0.15, -0.1) is 0 Å². The molecule has 0 N–H and O–H groups in total. The van der Waals surface area contributed by atoms with Gasteiger partial charge in [-0.1, -0.05) is 168 Å². The molecule has 10 aromatic rings. The largest absolute Gasteiger partial charge is 0.496 e. The SMILES string of the molecule is COc1cc2c(OC)cc1Cc1ccc(cc1)-c1ccc(cc1)Cc1cc(OC)c(cc1OC)Cc1cc(OC)c(cc1OC)Cc1ccc(cc1)-c1ccc(cc1)Cc1cc(OC)c(cc1OC)C2.Cc1cccc(C)c1.Cc1cccc(C)c1. The van der Waals surface area contributed by atoms with Crippen molar-refractivity contribution in [2.24, 2.45) is 0 Å². The lowest BCUT2D eigenvalue weighted by Crippen LogP contribution is -2.03. The van der Waals surface area contributed by atoms with Crippen LogP contribution in [0.2, 0.25) is 0 Å². The minimum atomic E-state index is 0.558. The molecule has 0 aliphatic heterocycles. The highest BCUT2D eigenvalue weighted by molar-refractivity contribution is 5.66. The molecular formula is C78H80O8. The molecule has 0 atom stereocenters. The van der Waals surface area contributed by atoms with Crippen molar-refractivity contribution in [2.45, 2.75) is 66.2 Å². The van der Waals surface area contributed by atoms with Crippen LogP contribution in [0.4, 0.5) is 0 Å². The monoisotopic (exact) mass is 1140 g/mol. The Labute approximate surface area is 509 Å².